The third-order valence-corrected chi connectivity index (χ3v) is 8.27. The van der Waals surface area contributed by atoms with Gasteiger partial charge >= 0.3 is 6.03 Å². The second kappa shape index (κ2) is 13.5. The zero-order chi connectivity index (χ0) is 27.9. The number of nitrogens with zero attached hydrogens (tertiary/aromatic N) is 2. The minimum Gasteiger partial charge on any atom is -0.485 e. The smallest absolute Gasteiger partial charge is 0.317 e. The number of nitrogens with one attached hydrogen (secondary N) is 2. The largest absolute Gasteiger partial charge is 0.485 e. The number of hydrogen-bond donors (Lipinski definition) is 3. The first kappa shape index (κ1) is 29.1. The zero-order valence-electron chi connectivity index (χ0n) is 23.5. The van der Waals surface area contributed by atoms with E-state index in [1.807, 2.05) is 13.8 Å². The van der Waals surface area contributed by atoms with Crippen LogP contribution in [-0.2, 0) is 9.53 Å². The van der Waals surface area contributed by atoms with Crippen molar-refractivity contribution in [3.63, 3.8) is 0 Å². The third kappa shape index (κ3) is 7.22. The van der Waals surface area contributed by atoms with Crippen LogP contribution >= 0.6 is 0 Å². The lowest BCUT2D eigenvalue weighted by Crippen LogP contribution is -2.52. The molecule has 1 aromatic carbocycles. The van der Waals surface area contributed by atoms with Crippen LogP contribution in [0.15, 0.2) is 18.2 Å². The number of anilines is 1. The van der Waals surface area contributed by atoms with Gasteiger partial charge in [0, 0.05) is 44.7 Å². The lowest BCUT2D eigenvalue weighted by Gasteiger charge is -2.38. The van der Waals surface area contributed by atoms with E-state index in [0.717, 1.165) is 25.7 Å². The van der Waals surface area contributed by atoms with Gasteiger partial charge in [0.2, 0.25) is 5.91 Å². The number of hydrogen-bond acceptors (Lipinski definition) is 6. The summed E-state index contributed by atoms with van der Waals surface area (Å²) in [6.45, 7) is 5.37. The molecule has 0 bridgehead atoms. The third-order valence-electron chi connectivity index (χ3n) is 8.27. The van der Waals surface area contributed by atoms with Gasteiger partial charge in [-0.15, -0.1) is 0 Å². The van der Waals surface area contributed by atoms with Gasteiger partial charge in [-0.1, -0.05) is 32.3 Å². The van der Waals surface area contributed by atoms with Gasteiger partial charge in [-0.3, -0.25) is 9.59 Å². The van der Waals surface area contributed by atoms with Crippen LogP contribution in [0, 0.1) is 11.8 Å². The molecule has 0 unspecified atom stereocenters. The molecule has 3 aliphatic rings. The van der Waals surface area contributed by atoms with Crippen LogP contribution in [-0.4, -0.2) is 90.9 Å². The highest BCUT2D eigenvalue weighted by molar-refractivity contribution is 6.02. The average molecular weight is 545 g/mol. The van der Waals surface area contributed by atoms with Gasteiger partial charge in [-0.25, -0.2) is 4.79 Å². The van der Waals surface area contributed by atoms with Crippen LogP contribution in [0.1, 0.15) is 69.2 Å². The Labute approximate surface area is 231 Å². The highest BCUT2D eigenvalue weighted by Gasteiger charge is 2.35. The number of ether oxygens (including phenoxy) is 2. The number of aliphatic hydroxyl groups is 1. The maximum Gasteiger partial charge on any atom is 0.317 e. The number of para-hydroxylation sites is 1. The van der Waals surface area contributed by atoms with Crippen molar-refractivity contribution in [2.45, 2.75) is 77.0 Å². The molecule has 4 rings (SSSR count). The van der Waals surface area contributed by atoms with E-state index in [4.69, 9.17) is 9.47 Å². The molecule has 0 spiro atoms. The molecule has 0 radical (unpaired) electrons. The molecule has 1 aromatic rings. The Morgan fingerprint density at radius 1 is 1.15 bits per heavy atom. The van der Waals surface area contributed by atoms with E-state index in [9.17, 15) is 19.5 Å². The van der Waals surface area contributed by atoms with Crippen LogP contribution in [0.3, 0.4) is 0 Å². The molecular formula is C29H44N4O6. The van der Waals surface area contributed by atoms with Gasteiger partial charge < -0.3 is 35.0 Å². The normalized spacial score (nSPS) is 23.6. The molecule has 2 aliphatic heterocycles. The van der Waals surface area contributed by atoms with Gasteiger partial charge in [-0.2, -0.15) is 0 Å². The summed E-state index contributed by atoms with van der Waals surface area (Å²) in [5.74, 6) is -0.411. The molecule has 2 fully saturated rings. The maximum atomic E-state index is 13.7. The number of carbonyl (C=O) groups is 3. The van der Waals surface area contributed by atoms with Gasteiger partial charge in [0.15, 0.2) is 5.75 Å². The van der Waals surface area contributed by atoms with Crippen LogP contribution in [0.5, 0.6) is 5.75 Å². The lowest BCUT2D eigenvalue weighted by molar-refractivity contribution is -0.122. The minimum absolute atomic E-state index is 0.126. The van der Waals surface area contributed by atoms with Gasteiger partial charge in [-0.05, 0) is 44.7 Å². The van der Waals surface area contributed by atoms with Gasteiger partial charge in [0.25, 0.3) is 5.91 Å². The number of aliphatic hydroxyl groups excluding tert-OH is 1. The Balaban J connectivity index is 1.59. The Kier molecular flexibility index (Phi) is 10.1. The molecule has 0 aromatic heterocycles. The predicted octanol–water partition coefficient (Wildman–Crippen LogP) is 3.25. The molecule has 1 saturated carbocycles. The number of rotatable bonds is 7. The molecule has 10 nitrogen and oxygen atoms in total. The Bertz CT molecular complexity index is 1010. The van der Waals surface area contributed by atoms with Crippen LogP contribution in [0.25, 0.3) is 0 Å². The highest BCUT2D eigenvalue weighted by atomic mass is 16.5. The van der Waals surface area contributed by atoms with Crippen molar-refractivity contribution in [3.05, 3.63) is 23.8 Å². The predicted molar refractivity (Wildman–Crippen MR) is 148 cm³/mol. The Morgan fingerprint density at radius 3 is 2.56 bits per heavy atom. The van der Waals surface area contributed by atoms with Gasteiger partial charge in [0.1, 0.15) is 6.10 Å². The number of carbonyl (C=O) groups excluding carboxylic acids is 3. The van der Waals surface area contributed by atoms with Gasteiger partial charge in [0.05, 0.1) is 30.4 Å². The zero-order valence-corrected chi connectivity index (χ0v) is 23.5. The fourth-order valence-electron chi connectivity index (χ4n) is 5.64. The fourth-order valence-corrected chi connectivity index (χ4v) is 5.64. The number of fused-ring (bicyclic) bond motifs is 1. The summed E-state index contributed by atoms with van der Waals surface area (Å²) in [5.41, 5.74) is 0.758. The molecule has 2 heterocycles. The number of amides is 4. The lowest BCUT2D eigenvalue weighted by atomic mass is 9.96. The minimum atomic E-state index is -0.450. The summed E-state index contributed by atoms with van der Waals surface area (Å²) in [4.78, 5) is 43.1. The maximum absolute atomic E-state index is 13.7. The molecule has 4 amide bonds. The number of urea groups is 1. The summed E-state index contributed by atoms with van der Waals surface area (Å²) in [6.07, 6.45) is 6.29. The monoisotopic (exact) mass is 544 g/mol. The van der Waals surface area contributed by atoms with Crippen molar-refractivity contribution >= 4 is 23.5 Å². The highest BCUT2D eigenvalue weighted by Crippen LogP contribution is 2.35. The van der Waals surface area contributed by atoms with Crippen LogP contribution in [0.4, 0.5) is 10.5 Å². The van der Waals surface area contributed by atoms with Crippen molar-refractivity contribution in [1.82, 2.24) is 15.1 Å². The van der Waals surface area contributed by atoms with Crippen LogP contribution in [0.2, 0.25) is 0 Å². The van der Waals surface area contributed by atoms with E-state index < -0.39 is 12.1 Å². The van der Waals surface area contributed by atoms with Crippen molar-refractivity contribution in [1.29, 1.82) is 0 Å². The van der Waals surface area contributed by atoms with Crippen molar-refractivity contribution < 1.29 is 29.0 Å². The number of likely N-dealkylation sites (N-methyl/N-ethyl adjacent to an activating group) is 1. The second-order valence-corrected chi connectivity index (χ2v) is 11.3. The fraction of sp³-hybridized carbons (Fsp3) is 0.690. The SMILES string of the molecule is C[C@H](CO)N1C[C@H](C)[C@@H](CN(C)C(=O)NC2CCCCC2)Oc2c(NC(=O)C3CCOCC3)cccc2C1=O. The molecule has 3 atom stereocenters. The van der Waals surface area contributed by atoms with E-state index in [-0.39, 0.29) is 42.3 Å². The summed E-state index contributed by atoms with van der Waals surface area (Å²) >= 11 is 0. The van der Waals surface area contributed by atoms with E-state index in [1.165, 1.54) is 6.42 Å². The topological polar surface area (TPSA) is 120 Å². The van der Waals surface area contributed by atoms with E-state index in [2.05, 4.69) is 10.6 Å². The molecule has 216 valence electrons. The summed E-state index contributed by atoms with van der Waals surface area (Å²) in [5, 5.41) is 16.1. The first-order valence-electron chi connectivity index (χ1n) is 14.4. The summed E-state index contributed by atoms with van der Waals surface area (Å²) in [7, 11) is 1.76. The second-order valence-electron chi connectivity index (χ2n) is 11.3. The van der Waals surface area contributed by atoms with Crippen molar-refractivity contribution in [2.24, 2.45) is 11.8 Å². The molecule has 39 heavy (non-hydrogen) atoms. The first-order chi connectivity index (χ1) is 18.8. The standard InChI is InChI=1S/C29H44N4O6/c1-19-16-33(20(2)18-34)28(36)23-10-7-11-24(31-27(35)21-12-14-38-15-13-21)26(23)39-25(19)17-32(3)29(37)30-22-8-5-4-6-9-22/h7,10-11,19-22,25,34H,4-6,8-9,12-18H2,1-3H3,(H,30,37)(H,31,35)/t19-,20+,25+/m0/s1. The first-order valence-corrected chi connectivity index (χ1v) is 14.4. The quantitative estimate of drug-likeness (QED) is 0.485. The molecule has 3 N–H and O–H groups in total. The summed E-state index contributed by atoms with van der Waals surface area (Å²) in [6, 6.07) is 4.80. The number of benzene rings is 1. The van der Waals surface area contributed by atoms with E-state index >= 15 is 0 Å². The average Bonchev–Trinajstić information content (AvgIpc) is 2.95. The summed E-state index contributed by atoms with van der Waals surface area (Å²) < 4.78 is 11.9. The van der Waals surface area contributed by atoms with E-state index in [1.54, 1.807) is 35.0 Å². The molecule has 1 saturated heterocycles. The molecular weight excluding hydrogens is 500 g/mol. The Morgan fingerprint density at radius 2 is 1.87 bits per heavy atom. The van der Waals surface area contributed by atoms with E-state index in [0.29, 0.717) is 56.1 Å². The van der Waals surface area contributed by atoms with Crippen molar-refractivity contribution in [2.75, 3.05) is 45.3 Å². The molecule has 1 aliphatic carbocycles. The van der Waals surface area contributed by atoms with Crippen molar-refractivity contribution in [3.8, 4) is 5.75 Å². The Hall–Kier alpha value is -2.85. The van der Waals surface area contributed by atoms with Crippen LogP contribution < -0.4 is 15.4 Å². The molecule has 10 heteroatoms.